The molecule has 5 nitrogen and oxygen atoms in total. The second-order valence-electron chi connectivity index (χ2n) is 7.99. The third kappa shape index (κ3) is 5.15. The first-order valence-corrected chi connectivity index (χ1v) is 12.0. The number of carbonyl (C=O) groups is 1. The van der Waals surface area contributed by atoms with E-state index in [0.29, 0.717) is 30.7 Å². The summed E-state index contributed by atoms with van der Waals surface area (Å²) in [5.74, 6) is -0.673. The van der Waals surface area contributed by atoms with Crippen molar-refractivity contribution < 1.29 is 22.0 Å². The predicted octanol–water partition coefficient (Wildman–Crippen LogP) is 3.47. The largest absolute Gasteiger partial charge is 0.337 e. The van der Waals surface area contributed by atoms with Crippen LogP contribution in [-0.2, 0) is 27.7 Å². The molecule has 1 aromatic rings. The summed E-state index contributed by atoms with van der Waals surface area (Å²) in [6.45, 7) is 2.07. The summed E-state index contributed by atoms with van der Waals surface area (Å²) >= 11 is 0. The third-order valence-corrected chi connectivity index (χ3v) is 7.82. The highest BCUT2D eigenvalue weighted by molar-refractivity contribution is 7.89. The van der Waals surface area contributed by atoms with Gasteiger partial charge in [0.2, 0.25) is 15.9 Å². The van der Waals surface area contributed by atoms with Crippen molar-refractivity contribution in [3.05, 3.63) is 29.3 Å². The predicted molar refractivity (Wildman–Crippen MR) is 107 cm³/mol. The summed E-state index contributed by atoms with van der Waals surface area (Å²) in [6.07, 6.45) is 2.92. The number of halogens is 2. The van der Waals surface area contributed by atoms with Crippen molar-refractivity contribution >= 4 is 15.9 Å². The van der Waals surface area contributed by atoms with Gasteiger partial charge >= 0.3 is 0 Å². The molecule has 29 heavy (non-hydrogen) atoms. The molecular formula is C21H30F2N2O3S. The van der Waals surface area contributed by atoms with Gasteiger partial charge in [-0.15, -0.1) is 0 Å². The van der Waals surface area contributed by atoms with Gasteiger partial charge < -0.3 is 4.90 Å². The van der Waals surface area contributed by atoms with Crippen LogP contribution in [0, 0.1) is 5.92 Å². The Bertz CT molecular complexity index is 821. The van der Waals surface area contributed by atoms with E-state index in [9.17, 15) is 22.0 Å². The van der Waals surface area contributed by atoms with Crippen molar-refractivity contribution in [3.63, 3.8) is 0 Å². The molecule has 2 aliphatic rings. The molecule has 1 saturated heterocycles. The second kappa shape index (κ2) is 9.51. The average Bonchev–Trinajstić information content (AvgIpc) is 2.72. The number of hydrogen-bond acceptors (Lipinski definition) is 3. The van der Waals surface area contributed by atoms with Gasteiger partial charge in [-0.05, 0) is 68.2 Å². The minimum absolute atomic E-state index is 0.241. The maximum Gasteiger partial charge on any atom is 0.255 e. The first kappa shape index (κ1) is 22.2. The normalized spacial score (nSPS) is 18.6. The Hall–Kier alpha value is -1.54. The van der Waals surface area contributed by atoms with Gasteiger partial charge in [0.25, 0.3) is 6.43 Å². The molecule has 8 heteroatoms. The number of piperidine rings is 1. The number of rotatable bonds is 7. The Balaban J connectivity index is 1.65. The third-order valence-electron chi connectivity index (χ3n) is 5.92. The van der Waals surface area contributed by atoms with Gasteiger partial charge in [-0.1, -0.05) is 13.0 Å². The molecule has 0 atom stereocenters. The number of nitrogens with zero attached hydrogens (tertiary/aromatic N) is 2. The monoisotopic (exact) mass is 428 g/mol. The minimum Gasteiger partial charge on any atom is -0.337 e. The van der Waals surface area contributed by atoms with Crippen molar-refractivity contribution in [1.82, 2.24) is 9.21 Å². The lowest BCUT2D eigenvalue weighted by Gasteiger charge is -2.33. The highest BCUT2D eigenvalue weighted by Gasteiger charge is 2.34. The molecule has 0 unspecified atom stereocenters. The van der Waals surface area contributed by atoms with Gasteiger partial charge in [0.1, 0.15) is 0 Å². The molecule has 1 heterocycles. The highest BCUT2D eigenvalue weighted by Crippen LogP contribution is 2.29. The summed E-state index contributed by atoms with van der Waals surface area (Å²) in [7, 11) is -3.61. The van der Waals surface area contributed by atoms with Gasteiger partial charge in [-0.2, -0.15) is 4.31 Å². The van der Waals surface area contributed by atoms with Crippen LogP contribution >= 0.6 is 0 Å². The van der Waals surface area contributed by atoms with Crippen LogP contribution in [-0.4, -0.2) is 56.1 Å². The lowest BCUT2D eigenvalue weighted by Crippen LogP contribution is -2.45. The molecule has 1 aromatic carbocycles. The van der Waals surface area contributed by atoms with Gasteiger partial charge in [-0.25, -0.2) is 17.2 Å². The number of sulfonamides is 1. The molecule has 3 rings (SSSR count). The van der Waals surface area contributed by atoms with E-state index >= 15 is 0 Å². The molecule has 0 spiro atoms. The molecular weight excluding hydrogens is 398 g/mol. The minimum atomic E-state index is -3.61. The van der Waals surface area contributed by atoms with Crippen molar-refractivity contribution in [2.24, 2.45) is 5.92 Å². The summed E-state index contributed by atoms with van der Waals surface area (Å²) in [5.41, 5.74) is 2.35. The fourth-order valence-electron chi connectivity index (χ4n) is 4.35. The number of carbonyl (C=O) groups excluding carboxylic acids is 1. The van der Waals surface area contributed by atoms with Crippen LogP contribution in [0.15, 0.2) is 23.1 Å². The van der Waals surface area contributed by atoms with Gasteiger partial charge in [0, 0.05) is 25.6 Å². The number of benzene rings is 1. The highest BCUT2D eigenvalue weighted by atomic mass is 32.2. The number of amides is 1. The number of aryl methyl sites for hydroxylation is 2. The first-order valence-electron chi connectivity index (χ1n) is 10.5. The average molecular weight is 429 g/mol. The van der Waals surface area contributed by atoms with Crippen molar-refractivity contribution in [1.29, 1.82) is 0 Å². The zero-order valence-electron chi connectivity index (χ0n) is 16.9. The number of hydrogen-bond donors (Lipinski definition) is 0. The summed E-state index contributed by atoms with van der Waals surface area (Å²) in [6, 6.07) is 5.40. The van der Waals surface area contributed by atoms with Crippen LogP contribution in [0.5, 0.6) is 0 Å². The van der Waals surface area contributed by atoms with Crippen LogP contribution in [0.3, 0.4) is 0 Å². The zero-order valence-corrected chi connectivity index (χ0v) is 17.8. The fourth-order valence-corrected chi connectivity index (χ4v) is 5.87. The van der Waals surface area contributed by atoms with Gasteiger partial charge in [0.15, 0.2) is 0 Å². The van der Waals surface area contributed by atoms with E-state index in [1.165, 1.54) is 14.8 Å². The maximum absolute atomic E-state index is 13.1. The Morgan fingerprint density at radius 3 is 2.45 bits per heavy atom. The van der Waals surface area contributed by atoms with E-state index in [4.69, 9.17) is 0 Å². The summed E-state index contributed by atoms with van der Waals surface area (Å²) in [5, 5.41) is 0. The van der Waals surface area contributed by atoms with E-state index in [0.717, 1.165) is 31.2 Å². The SMILES string of the molecule is CCCN(CC(F)F)C(=O)C1CCN(S(=O)(=O)c2ccc3c(c2)CCCC3)CC1. The lowest BCUT2D eigenvalue weighted by atomic mass is 9.92. The molecule has 162 valence electrons. The van der Waals surface area contributed by atoms with Crippen LogP contribution in [0.25, 0.3) is 0 Å². The van der Waals surface area contributed by atoms with E-state index in [1.54, 1.807) is 12.1 Å². The maximum atomic E-state index is 13.1. The van der Waals surface area contributed by atoms with E-state index in [-0.39, 0.29) is 19.0 Å². The lowest BCUT2D eigenvalue weighted by molar-refractivity contribution is -0.138. The topological polar surface area (TPSA) is 57.7 Å². The van der Waals surface area contributed by atoms with Crippen LogP contribution < -0.4 is 0 Å². The Kier molecular flexibility index (Phi) is 7.27. The summed E-state index contributed by atoms with van der Waals surface area (Å²) in [4.78, 5) is 14.2. The molecule has 0 bridgehead atoms. The zero-order chi connectivity index (χ0) is 21.0. The molecule has 0 aromatic heterocycles. The number of fused-ring (bicyclic) bond motifs is 1. The molecule has 1 aliphatic carbocycles. The second-order valence-corrected chi connectivity index (χ2v) is 9.93. The van der Waals surface area contributed by atoms with Crippen LogP contribution in [0.1, 0.15) is 50.2 Å². The van der Waals surface area contributed by atoms with Crippen molar-refractivity contribution in [2.45, 2.75) is 63.2 Å². The van der Waals surface area contributed by atoms with Crippen LogP contribution in [0.2, 0.25) is 0 Å². The molecule has 1 aliphatic heterocycles. The molecule has 0 N–H and O–H groups in total. The van der Waals surface area contributed by atoms with Gasteiger partial charge in [0.05, 0.1) is 11.4 Å². The molecule has 1 fully saturated rings. The van der Waals surface area contributed by atoms with Crippen molar-refractivity contribution in [3.8, 4) is 0 Å². The Morgan fingerprint density at radius 1 is 1.17 bits per heavy atom. The van der Waals surface area contributed by atoms with E-state index < -0.39 is 28.9 Å². The van der Waals surface area contributed by atoms with E-state index in [2.05, 4.69) is 0 Å². The smallest absolute Gasteiger partial charge is 0.255 e. The van der Waals surface area contributed by atoms with Gasteiger partial charge in [-0.3, -0.25) is 4.79 Å². The Labute approximate surface area is 172 Å². The molecule has 1 amide bonds. The van der Waals surface area contributed by atoms with Crippen molar-refractivity contribution in [2.75, 3.05) is 26.2 Å². The summed E-state index contributed by atoms with van der Waals surface area (Å²) < 4.78 is 53.1. The van der Waals surface area contributed by atoms with Crippen LogP contribution in [0.4, 0.5) is 8.78 Å². The fraction of sp³-hybridized carbons (Fsp3) is 0.667. The Morgan fingerprint density at radius 2 is 1.83 bits per heavy atom. The molecule has 0 radical (unpaired) electrons. The molecule has 0 saturated carbocycles. The number of alkyl halides is 2. The quantitative estimate of drug-likeness (QED) is 0.668. The standard InChI is InChI=1S/C21H30F2N2O3S/c1-2-11-24(15-20(22)23)21(26)17-9-12-25(13-10-17)29(27,28)19-8-7-16-5-3-4-6-18(16)14-19/h7-8,14,17,20H,2-6,9-13,15H2,1H3. The van der Waals surface area contributed by atoms with E-state index in [1.807, 2.05) is 13.0 Å². The first-order chi connectivity index (χ1) is 13.8.